The fraction of sp³-hybridized carbons (Fsp3) is 0.160. The molecule has 1 aliphatic heterocycles. The second-order valence-corrected chi connectivity index (χ2v) is 7.35. The number of carbonyl (C=O) groups is 3. The van der Waals surface area contributed by atoms with Gasteiger partial charge in [0.15, 0.2) is 0 Å². The van der Waals surface area contributed by atoms with Crippen molar-refractivity contribution < 1.29 is 24.2 Å². The molecule has 0 radical (unpaired) electrons. The summed E-state index contributed by atoms with van der Waals surface area (Å²) in [6, 6.07) is 17.9. The van der Waals surface area contributed by atoms with Crippen LogP contribution in [-0.4, -0.2) is 33.9 Å². The minimum absolute atomic E-state index is 0.0115. The standard InChI is InChI=1S/C25H22N2O5/c1-3-32-25(31)17-11-13-18(14-12-17)27-21(16-8-5-4-6-9-16)20(23(29)24(27)30)22(28)19-10-7-15-26(19)2/h4-15,21,28H,3H2,1-2H3. The third-order valence-electron chi connectivity index (χ3n) is 5.40. The van der Waals surface area contributed by atoms with Crippen molar-refractivity contribution >= 4 is 29.1 Å². The lowest BCUT2D eigenvalue weighted by Crippen LogP contribution is -2.29. The molecule has 162 valence electrons. The number of ether oxygens (including phenoxy) is 1. The number of aliphatic hydroxyl groups is 1. The number of amides is 1. The Balaban J connectivity index is 1.85. The molecule has 3 aromatic rings. The van der Waals surface area contributed by atoms with Crippen molar-refractivity contribution in [2.24, 2.45) is 7.05 Å². The molecule has 4 rings (SSSR count). The quantitative estimate of drug-likeness (QED) is 0.288. The minimum Gasteiger partial charge on any atom is -0.505 e. The summed E-state index contributed by atoms with van der Waals surface area (Å²) < 4.78 is 6.69. The van der Waals surface area contributed by atoms with E-state index in [1.165, 1.54) is 4.90 Å². The van der Waals surface area contributed by atoms with Crippen molar-refractivity contribution in [1.82, 2.24) is 4.57 Å². The Bertz CT molecular complexity index is 1210. The van der Waals surface area contributed by atoms with Gasteiger partial charge in [0.2, 0.25) is 0 Å². The predicted molar refractivity (Wildman–Crippen MR) is 119 cm³/mol. The molecule has 1 amide bonds. The van der Waals surface area contributed by atoms with Gasteiger partial charge in [-0.2, -0.15) is 0 Å². The zero-order valence-corrected chi connectivity index (χ0v) is 17.7. The molecule has 1 N–H and O–H groups in total. The van der Waals surface area contributed by atoms with E-state index >= 15 is 0 Å². The normalized spacial score (nSPS) is 17.6. The zero-order chi connectivity index (χ0) is 22.8. The fourth-order valence-electron chi connectivity index (χ4n) is 3.87. The van der Waals surface area contributed by atoms with Gasteiger partial charge in [0.05, 0.1) is 29.5 Å². The summed E-state index contributed by atoms with van der Waals surface area (Å²) in [4.78, 5) is 39.5. The maximum absolute atomic E-state index is 13.1. The van der Waals surface area contributed by atoms with E-state index in [0.29, 0.717) is 22.5 Å². The first-order valence-electron chi connectivity index (χ1n) is 10.2. The monoisotopic (exact) mass is 430 g/mol. The second kappa shape index (κ2) is 8.55. The molecule has 1 aliphatic rings. The van der Waals surface area contributed by atoms with E-state index in [0.717, 1.165) is 0 Å². The van der Waals surface area contributed by atoms with Crippen LogP contribution in [-0.2, 0) is 21.4 Å². The van der Waals surface area contributed by atoms with Crippen molar-refractivity contribution in [3.05, 3.63) is 95.3 Å². The number of aromatic nitrogens is 1. The van der Waals surface area contributed by atoms with Gasteiger partial charge >= 0.3 is 5.97 Å². The van der Waals surface area contributed by atoms with Crippen LogP contribution in [0.2, 0.25) is 0 Å². The topological polar surface area (TPSA) is 88.8 Å². The molecule has 0 spiro atoms. The highest BCUT2D eigenvalue weighted by Crippen LogP contribution is 2.42. The van der Waals surface area contributed by atoms with E-state index < -0.39 is 23.7 Å². The third-order valence-corrected chi connectivity index (χ3v) is 5.40. The van der Waals surface area contributed by atoms with Crippen LogP contribution in [0.3, 0.4) is 0 Å². The first-order chi connectivity index (χ1) is 15.4. The van der Waals surface area contributed by atoms with E-state index in [9.17, 15) is 19.5 Å². The van der Waals surface area contributed by atoms with Gasteiger partial charge in [-0.25, -0.2) is 4.79 Å². The van der Waals surface area contributed by atoms with Gasteiger partial charge in [0, 0.05) is 18.9 Å². The molecule has 0 bridgehead atoms. The van der Waals surface area contributed by atoms with E-state index in [4.69, 9.17) is 4.74 Å². The maximum Gasteiger partial charge on any atom is 0.338 e. The summed E-state index contributed by atoms with van der Waals surface area (Å²) in [5, 5.41) is 11.0. The van der Waals surface area contributed by atoms with Crippen LogP contribution in [0.15, 0.2) is 78.5 Å². The van der Waals surface area contributed by atoms with Gasteiger partial charge in [-0.15, -0.1) is 0 Å². The van der Waals surface area contributed by atoms with Gasteiger partial charge in [0.25, 0.3) is 11.7 Å². The lowest BCUT2D eigenvalue weighted by molar-refractivity contribution is -0.132. The highest BCUT2D eigenvalue weighted by Gasteiger charge is 2.47. The van der Waals surface area contributed by atoms with Crippen molar-refractivity contribution in [2.75, 3.05) is 11.5 Å². The summed E-state index contributed by atoms with van der Waals surface area (Å²) in [6.45, 7) is 1.97. The molecule has 1 atom stereocenters. The molecular weight excluding hydrogens is 408 g/mol. The first-order valence-corrected chi connectivity index (χ1v) is 10.2. The average Bonchev–Trinajstić information content (AvgIpc) is 3.35. The molecule has 1 saturated heterocycles. The first kappa shape index (κ1) is 21.1. The van der Waals surface area contributed by atoms with Crippen molar-refractivity contribution in [1.29, 1.82) is 0 Å². The van der Waals surface area contributed by atoms with Gasteiger partial charge in [-0.1, -0.05) is 30.3 Å². The minimum atomic E-state index is -0.820. The van der Waals surface area contributed by atoms with Crippen molar-refractivity contribution in [2.45, 2.75) is 13.0 Å². The number of anilines is 1. The van der Waals surface area contributed by atoms with Crippen molar-refractivity contribution in [3.8, 4) is 0 Å². The number of esters is 1. The van der Waals surface area contributed by atoms with Crippen LogP contribution in [0.4, 0.5) is 5.69 Å². The Morgan fingerprint density at radius 1 is 1.00 bits per heavy atom. The van der Waals surface area contributed by atoms with E-state index in [1.807, 2.05) is 18.2 Å². The molecule has 1 fully saturated rings. The van der Waals surface area contributed by atoms with E-state index in [-0.39, 0.29) is 17.9 Å². The Kier molecular flexibility index (Phi) is 5.64. The van der Waals surface area contributed by atoms with Gasteiger partial charge < -0.3 is 14.4 Å². The number of hydrogen-bond acceptors (Lipinski definition) is 5. The number of Topliss-reactive ketones (excluding diaryl/α,β-unsaturated/α-hetero) is 1. The molecular formula is C25H22N2O5. The number of rotatable bonds is 5. The van der Waals surface area contributed by atoms with Gasteiger partial charge in [-0.05, 0) is 48.9 Å². The predicted octanol–water partition coefficient (Wildman–Crippen LogP) is 3.83. The van der Waals surface area contributed by atoms with Crippen LogP contribution in [0.5, 0.6) is 0 Å². The number of benzene rings is 2. The second-order valence-electron chi connectivity index (χ2n) is 7.35. The Hall–Kier alpha value is -4.13. The van der Waals surface area contributed by atoms with Crippen LogP contribution in [0, 0.1) is 0 Å². The summed E-state index contributed by atoms with van der Waals surface area (Å²) in [5.41, 5.74) is 1.89. The summed E-state index contributed by atoms with van der Waals surface area (Å²) in [5.74, 6) is -2.23. The number of hydrogen-bond donors (Lipinski definition) is 1. The van der Waals surface area contributed by atoms with Crippen LogP contribution >= 0.6 is 0 Å². The number of aliphatic hydroxyl groups excluding tert-OH is 1. The lowest BCUT2D eigenvalue weighted by atomic mass is 9.96. The average molecular weight is 430 g/mol. The van der Waals surface area contributed by atoms with Crippen LogP contribution in [0.25, 0.3) is 5.76 Å². The van der Waals surface area contributed by atoms with Crippen molar-refractivity contribution in [3.63, 3.8) is 0 Å². The largest absolute Gasteiger partial charge is 0.505 e. The molecule has 1 unspecified atom stereocenters. The van der Waals surface area contributed by atoms with Crippen LogP contribution < -0.4 is 4.90 Å². The fourth-order valence-corrected chi connectivity index (χ4v) is 3.87. The molecule has 32 heavy (non-hydrogen) atoms. The summed E-state index contributed by atoms with van der Waals surface area (Å²) in [7, 11) is 1.75. The molecule has 2 heterocycles. The highest BCUT2D eigenvalue weighted by molar-refractivity contribution is 6.51. The number of ketones is 1. The smallest absolute Gasteiger partial charge is 0.338 e. The molecule has 0 saturated carbocycles. The lowest BCUT2D eigenvalue weighted by Gasteiger charge is -2.25. The summed E-state index contributed by atoms with van der Waals surface area (Å²) >= 11 is 0. The molecule has 7 heteroatoms. The number of carbonyl (C=O) groups excluding carboxylic acids is 3. The molecule has 0 aliphatic carbocycles. The maximum atomic E-state index is 13.1. The summed E-state index contributed by atoms with van der Waals surface area (Å²) in [6.07, 6.45) is 1.75. The SMILES string of the molecule is CCOC(=O)c1ccc(N2C(=O)C(=O)C(=C(O)c3cccn3C)C2c2ccccc2)cc1. The van der Waals surface area contributed by atoms with Gasteiger partial charge in [0.1, 0.15) is 5.76 Å². The zero-order valence-electron chi connectivity index (χ0n) is 17.7. The Labute approximate surface area is 185 Å². The number of aryl methyl sites for hydroxylation is 1. The molecule has 2 aromatic carbocycles. The van der Waals surface area contributed by atoms with Crippen LogP contribution in [0.1, 0.15) is 34.6 Å². The van der Waals surface area contributed by atoms with E-state index in [2.05, 4.69) is 0 Å². The Morgan fingerprint density at radius 3 is 2.28 bits per heavy atom. The number of nitrogens with zero attached hydrogens (tertiary/aromatic N) is 2. The van der Waals surface area contributed by atoms with Gasteiger partial charge in [-0.3, -0.25) is 14.5 Å². The Morgan fingerprint density at radius 2 is 1.69 bits per heavy atom. The third kappa shape index (κ3) is 3.58. The molecule has 7 nitrogen and oxygen atoms in total. The molecule has 1 aromatic heterocycles. The highest BCUT2D eigenvalue weighted by atomic mass is 16.5. The van der Waals surface area contributed by atoms with E-state index in [1.54, 1.807) is 73.3 Å².